The Labute approximate surface area is 93.2 Å². The Hall–Kier alpha value is -0.610. The van der Waals surface area contributed by atoms with Gasteiger partial charge in [0.05, 0.1) is 6.04 Å². The highest BCUT2D eigenvalue weighted by atomic mass is 16.2. The molecule has 4 heteroatoms. The predicted molar refractivity (Wildman–Crippen MR) is 63.7 cm³/mol. The predicted octanol–water partition coefficient (Wildman–Crippen LogP) is 0.570. The molecule has 0 bridgehead atoms. The average molecular weight is 215 g/mol. The molecule has 0 rings (SSSR count). The lowest BCUT2D eigenvalue weighted by Gasteiger charge is -2.27. The molecule has 0 aromatic rings. The minimum absolute atomic E-state index is 0.0871. The molecule has 0 aliphatic heterocycles. The van der Waals surface area contributed by atoms with Crippen LogP contribution >= 0.6 is 0 Å². The maximum Gasteiger partial charge on any atom is 0.237 e. The molecule has 0 radical (unpaired) electrons. The van der Waals surface area contributed by atoms with E-state index in [0.717, 1.165) is 19.5 Å². The van der Waals surface area contributed by atoms with E-state index in [4.69, 9.17) is 5.73 Å². The lowest BCUT2D eigenvalue weighted by molar-refractivity contribution is -0.126. The summed E-state index contributed by atoms with van der Waals surface area (Å²) in [5.74, 6) is 0.0897. The van der Waals surface area contributed by atoms with Gasteiger partial charge in [-0.3, -0.25) is 9.69 Å². The Balaban J connectivity index is 4.20. The van der Waals surface area contributed by atoms with Crippen molar-refractivity contribution >= 4 is 5.91 Å². The molecule has 0 aliphatic rings. The van der Waals surface area contributed by atoms with Gasteiger partial charge in [0.25, 0.3) is 0 Å². The highest BCUT2D eigenvalue weighted by molar-refractivity contribution is 5.81. The quantitative estimate of drug-likeness (QED) is 0.653. The van der Waals surface area contributed by atoms with E-state index in [9.17, 15) is 4.79 Å². The first-order valence-electron chi connectivity index (χ1n) is 5.77. The summed E-state index contributed by atoms with van der Waals surface area (Å²) in [5.41, 5.74) is 5.53. The lowest BCUT2D eigenvalue weighted by Crippen LogP contribution is -2.48. The van der Waals surface area contributed by atoms with Gasteiger partial charge >= 0.3 is 0 Å². The zero-order valence-electron chi connectivity index (χ0n) is 10.4. The summed E-state index contributed by atoms with van der Waals surface area (Å²) in [6.45, 7) is 10.3. The molecule has 0 aromatic heterocycles. The Bertz CT molecular complexity index is 177. The van der Waals surface area contributed by atoms with Crippen LogP contribution < -0.4 is 11.1 Å². The number of hydrogen-bond acceptors (Lipinski definition) is 3. The van der Waals surface area contributed by atoms with E-state index in [-0.39, 0.29) is 18.0 Å². The second-order valence-electron chi connectivity index (χ2n) is 4.16. The van der Waals surface area contributed by atoms with Crippen molar-refractivity contribution in [2.24, 2.45) is 5.73 Å². The molecule has 1 unspecified atom stereocenters. The molecule has 0 spiro atoms. The zero-order chi connectivity index (χ0) is 11.8. The highest BCUT2D eigenvalue weighted by Crippen LogP contribution is 2.00. The van der Waals surface area contributed by atoms with Crippen LogP contribution in [0.5, 0.6) is 0 Å². The van der Waals surface area contributed by atoms with E-state index in [0.29, 0.717) is 6.54 Å². The van der Waals surface area contributed by atoms with Crippen LogP contribution in [0.3, 0.4) is 0 Å². The second kappa shape index (κ2) is 7.65. The molecule has 1 amide bonds. The van der Waals surface area contributed by atoms with Gasteiger partial charge in [-0.1, -0.05) is 6.92 Å². The smallest absolute Gasteiger partial charge is 0.237 e. The first kappa shape index (κ1) is 14.4. The number of carbonyl (C=O) groups excluding carboxylic acids is 1. The van der Waals surface area contributed by atoms with Crippen LogP contribution in [0.1, 0.15) is 34.1 Å². The van der Waals surface area contributed by atoms with Crippen molar-refractivity contribution in [1.82, 2.24) is 10.2 Å². The molecule has 0 fully saturated rings. The number of nitrogens with one attached hydrogen (secondary N) is 1. The molecular formula is C11H25N3O. The van der Waals surface area contributed by atoms with Crippen LogP contribution in [-0.2, 0) is 4.79 Å². The summed E-state index contributed by atoms with van der Waals surface area (Å²) in [6, 6.07) is 0.109. The Morgan fingerprint density at radius 1 is 1.33 bits per heavy atom. The molecule has 90 valence electrons. The van der Waals surface area contributed by atoms with E-state index < -0.39 is 0 Å². The van der Waals surface area contributed by atoms with Crippen molar-refractivity contribution in [3.05, 3.63) is 0 Å². The van der Waals surface area contributed by atoms with Crippen molar-refractivity contribution in [2.75, 3.05) is 19.6 Å². The van der Waals surface area contributed by atoms with Crippen LogP contribution in [0.25, 0.3) is 0 Å². The zero-order valence-corrected chi connectivity index (χ0v) is 10.4. The van der Waals surface area contributed by atoms with Crippen LogP contribution in [0.4, 0.5) is 0 Å². The van der Waals surface area contributed by atoms with E-state index in [1.807, 2.05) is 20.8 Å². The number of amides is 1. The number of nitrogens with two attached hydrogens (primary N) is 1. The number of nitrogens with zero attached hydrogens (tertiary/aromatic N) is 1. The van der Waals surface area contributed by atoms with Gasteiger partial charge in [-0.15, -0.1) is 0 Å². The van der Waals surface area contributed by atoms with Crippen LogP contribution in [0.15, 0.2) is 0 Å². The largest absolute Gasteiger partial charge is 0.353 e. The van der Waals surface area contributed by atoms with Crippen molar-refractivity contribution in [3.8, 4) is 0 Å². The maximum atomic E-state index is 11.8. The highest BCUT2D eigenvalue weighted by Gasteiger charge is 2.20. The molecule has 0 aliphatic carbocycles. The monoisotopic (exact) mass is 215 g/mol. The van der Waals surface area contributed by atoms with E-state index in [1.54, 1.807) is 0 Å². The topological polar surface area (TPSA) is 58.4 Å². The van der Waals surface area contributed by atoms with Gasteiger partial charge in [-0.05, 0) is 33.7 Å². The Morgan fingerprint density at radius 2 is 1.93 bits per heavy atom. The van der Waals surface area contributed by atoms with E-state index >= 15 is 0 Å². The fraction of sp³-hybridized carbons (Fsp3) is 0.909. The Morgan fingerprint density at radius 3 is 2.33 bits per heavy atom. The standard InChI is InChI=1S/C11H25N3O/c1-5-7-14(8-6-12)10(4)11(15)13-9(2)3/h9-10H,5-8,12H2,1-4H3,(H,13,15). The van der Waals surface area contributed by atoms with E-state index in [2.05, 4.69) is 17.1 Å². The molecule has 3 N–H and O–H groups in total. The first-order chi connectivity index (χ1) is 7.02. The molecule has 0 aromatic carbocycles. The molecule has 15 heavy (non-hydrogen) atoms. The number of rotatable bonds is 7. The number of carbonyl (C=O) groups is 1. The lowest BCUT2D eigenvalue weighted by atomic mass is 10.2. The number of hydrogen-bond donors (Lipinski definition) is 2. The fourth-order valence-corrected chi connectivity index (χ4v) is 1.52. The van der Waals surface area contributed by atoms with Gasteiger partial charge in [0.15, 0.2) is 0 Å². The third kappa shape index (κ3) is 5.74. The minimum atomic E-state index is -0.0871. The third-order valence-electron chi connectivity index (χ3n) is 2.29. The minimum Gasteiger partial charge on any atom is -0.353 e. The second-order valence-corrected chi connectivity index (χ2v) is 4.16. The van der Waals surface area contributed by atoms with Crippen molar-refractivity contribution in [3.63, 3.8) is 0 Å². The normalized spacial score (nSPS) is 13.3. The fourth-order valence-electron chi connectivity index (χ4n) is 1.52. The Kier molecular flexibility index (Phi) is 7.34. The summed E-state index contributed by atoms with van der Waals surface area (Å²) in [5, 5.41) is 2.92. The van der Waals surface area contributed by atoms with Gasteiger partial charge in [0.1, 0.15) is 0 Å². The van der Waals surface area contributed by atoms with Crippen LogP contribution in [0, 0.1) is 0 Å². The van der Waals surface area contributed by atoms with Gasteiger partial charge in [0.2, 0.25) is 5.91 Å². The summed E-state index contributed by atoms with van der Waals surface area (Å²) >= 11 is 0. The molecule has 0 saturated carbocycles. The maximum absolute atomic E-state index is 11.8. The van der Waals surface area contributed by atoms with Crippen LogP contribution in [0.2, 0.25) is 0 Å². The van der Waals surface area contributed by atoms with Gasteiger partial charge in [-0.25, -0.2) is 0 Å². The molecule has 0 heterocycles. The van der Waals surface area contributed by atoms with Crippen molar-refractivity contribution in [1.29, 1.82) is 0 Å². The van der Waals surface area contributed by atoms with Crippen LogP contribution in [-0.4, -0.2) is 42.5 Å². The van der Waals surface area contributed by atoms with Gasteiger partial charge in [0, 0.05) is 19.1 Å². The summed E-state index contributed by atoms with van der Waals surface area (Å²) in [6.07, 6.45) is 1.04. The molecule has 0 saturated heterocycles. The summed E-state index contributed by atoms with van der Waals surface area (Å²) < 4.78 is 0. The summed E-state index contributed by atoms with van der Waals surface area (Å²) in [7, 11) is 0. The average Bonchev–Trinajstić information content (AvgIpc) is 2.15. The van der Waals surface area contributed by atoms with Crippen molar-refractivity contribution < 1.29 is 4.79 Å². The SMILES string of the molecule is CCCN(CCN)C(C)C(=O)NC(C)C. The van der Waals surface area contributed by atoms with E-state index in [1.165, 1.54) is 0 Å². The molecular weight excluding hydrogens is 190 g/mol. The molecule has 4 nitrogen and oxygen atoms in total. The molecule has 1 atom stereocenters. The summed E-state index contributed by atoms with van der Waals surface area (Å²) in [4.78, 5) is 13.9. The van der Waals surface area contributed by atoms with Gasteiger partial charge < -0.3 is 11.1 Å². The third-order valence-corrected chi connectivity index (χ3v) is 2.29. The first-order valence-corrected chi connectivity index (χ1v) is 5.77. The van der Waals surface area contributed by atoms with Crippen molar-refractivity contribution in [2.45, 2.75) is 46.2 Å². The van der Waals surface area contributed by atoms with Gasteiger partial charge in [-0.2, -0.15) is 0 Å².